The summed E-state index contributed by atoms with van der Waals surface area (Å²) in [6.45, 7) is 3.65. The lowest BCUT2D eigenvalue weighted by Gasteiger charge is -2.10. The van der Waals surface area contributed by atoms with Crippen molar-refractivity contribution < 1.29 is 9.18 Å². The molecule has 0 unspecified atom stereocenters. The van der Waals surface area contributed by atoms with Gasteiger partial charge in [-0.15, -0.1) is 0 Å². The number of hydrogen-bond acceptors (Lipinski definition) is 1. The van der Waals surface area contributed by atoms with E-state index in [1.54, 1.807) is 0 Å². The number of urea groups is 1. The van der Waals surface area contributed by atoms with Gasteiger partial charge in [-0.2, -0.15) is 0 Å². The standard InChI is InChI=1S/C10H11Cl2FN2O/c1-5(2)14-10(16)15-6-3-7(11)9(13)8(12)4-6/h3-5H,1-2H3,(H2,14,15,16). The van der Waals surface area contributed by atoms with Crippen molar-refractivity contribution in [2.45, 2.75) is 19.9 Å². The zero-order chi connectivity index (χ0) is 12.3. The first-order valence-corrected chi connectivity index (χ1v) is 5.38. The molecule has 88 valence electrons. The van der Waals surface area contributed by atoms with E-state index < -0.39 is 11.8 Å². The predicted octanol–water partition coefficient (Wildman–Crippen LogP) is 3.66. The number of anilines is 1. The van der Waals surface area contributed by atoms with E-state index in [2.05, 4.69) is 10.6 Å². The van der Waals surface area contributed by atoms with Crippen molar-refractivity contribution in [1.29, 1.82) is 0 Å². The SMILES string of the molecule is CC(C)NC(=O)Nc1cc(Cl)c(F)c(Cl)c1. The van der Waals surface area contributed by atoms with Crippen LogP contribution in [0.3, 0.4) is 0 Å². The van der Waals surface area contributed by atoms with Crippen LogP contribution in [-0.2, 0) is 0 Å². The number of carbonyl (C=O) groups is 1. The molecule has 6 heteroatoms. The number of hydrogen-bond donors (Lipinski definition) is 2. The van der Waals surface area contributed by atoms with Gasteiger partial charge < -0.3 is 10.6 Å². The highest BCUT2D eigenvalue weighted by molar-refractivity contribution is 6.35. The Morgan fingerprint density at radius 3 is 2.25 bits per heavy atom. The maximum Gasteiger partial charge on any atom is 0.319 e. The van der Waals surface area contributed by atoms with Gasteiger partial charge in [0, 0.05) is 11.7 Å². The number of carbonyl (C=O) groups excluding carboxylic acids is 1. The highest BCUT2D eigenvalue weighted by atomic mass is 35.5. The highest BCUT2D eigenvalue weighted by Crippen LogP contribution is 2.27. The number of amides is 2. The average Bonchev–Trinajstić information content (AvgIpc) is 2.12. The Labute approximate surface area is 103 Å². The minimum atomic E-state index is -0.696. The normalized spacial score (nSPS) is 10.4. The van der Waals surface area contributed by atoms with Crippen LogP contribution in [0, 0.1) is 5.82 Å². The number of benzene rings is 1. The van der Waals surface area contributed by atoms with Crippen molar-refractivity contribution >= 4 is 34.9 Å². The summed E-state index contributed by atoms with van der Waals surface area (Å²) in [6, 6.07) is 2.20. The average molecular weight is 265 g/mol. The van der Waals surface area contributed by atoms with Gasteiger partial charge >= 0.3 is 6.03 Å². The third kappa shape index (κ3) is 3.54. The van der Waals surface area contributed by atoms with Crippen molar-refractivity contribution in [2.24, 2.45) is 0 Å². The van der Waals surface area contributed by atoms with Crippen LogP contribution < -0.4 is 10.6 Å². The molecule has 0 spiro atoms. The van der Waals surface area contributed by atoms with E-state index in [0.29, 0.717) is 5.69 Å². The summed E-state index contributed by atoms with van der Waals surface area (Å²) in [7, 11) is 0. The molecular weight excluding hydrogens is 254 g/mol. The molecule has 0 saturated carbocycles. The summed E-state index contributed by atoms with van der Waals surface area (Å²) in [5, 5.41) is 4.85. The molecule has 0 saturated heterocycles. The molecule has 0 aromatic heterocycles. The van der Waals surface area contributed by atoms with Crippen molar-refractivity contribution in [3.63, 3.8) is 0 Å². The Bertz CT molecular complexity index is 387. The quantitative estimate of drug-likeness (QED) is 0.787. The Morgan fingerprint density at radius 1 is 1.31 bits per heavy atom. The van der Waals surface area contributed by atoms with Crippen molar-refractivity contribution in [3.05, 3.63) is 28.0 Å². The fourth-order valence-electron chi connectivity index (χ4n) is 1.06. The van der Waals surface area contributed by atoms with Gasteiger partial charge in [0.1, 0.15) is 0 Å². The van der Waals surface area contributed by atoms with Gasteiger partial charge in [-0.1, -0.05) is 23.2 Å². The Morgan fingerprint density at radius 2 is 1.81 bits per heavy atom. The molecule has 0 bridgehead atoms. The summed E-state index contributed by atoms with van der Waals surface area (Å²) < 4.78 is 13.1. The fraction of sp³-hybridized carbons (Fsp3) is 0.300. The minimum Gasteiger partial charge on any atom is -0.336 e. The van der Waals surface area contributed by atoms with E-state index in [4.69, 9.17) is 23.2 Å². The van der Waals surface area contributed by atoms with Crippen LogP contribution >= 0.6 is 23.2 Å². The van der Waals surface area contributed by atoms with E-state index in [9.17, 15) is 9.18 Å². The van der Waals surface area contributed by atoms with Gasteiger partial charge in [0.15, 0.2) is 5.82 Å². The molecule has 1 aromatic rings. The summed E-state index contributed by atoms with van der Waals surface area (Å²) in [6.07, 6.45) is 0. The topological polar surface area (TPSA) is 41.1 Å². The molecule has 1 rings (SSSR count). The van der Waals surface area contributed by atoms with Crippen LogP contribution in [0.5, 0.6) is 0 Å². The number of halogens is 3. The minimum absolute atomic E-state index is 0.00592. The zero-order valence-corrected chi connectivity index (χ0v) is 10.3. The molecule has 0 atom stereocenters. The first-order valence-electron chi connectivity index (χ1n) is 4.62. The van der Waals surface area contributed by atoms with Crippen LogP contribution in [0.2, 0.25) is 10.0 Å². The molecule has 16 heavy (non-hydrogen) atoms. The number of nitrogens with one attached hydrogen (secondary N) is 2. The first kappa shape index (κ1) is 13.1. The van der Waals surface area contributed by atoms with Crippen molar-refractivity contribution in [3.8, 4) is 0 Å². The maximum atomic E-state index is 13.1. The predicted molar refractivity (Wildman–Crippen MR) is 63.7 cm³/mol. The van der Waals surface area contributed by atoms with Crippen LogP contribution in [0.1, 0.15) is 13.8 Å². The van der Waals surface area contributed by atoms with Gasteiger partial charge in [-0.3, -0.25) is 0 Å². The lowest BCUT2D eigenvalue weighted by atomic mass is 10.3. The van der Waals surface area contributed by atoms with Crippen molar-refractivity contribution in [1.82, 2.24) is 5.32 Å². The molecule has 2 amide bonds. The lowest BCUT2D eigenvalue weighted by Crippen LogP contribution is -2.34. The Balaban J connectivity index is 2.79. The summed E-state index contributed by atoms with van der Waals surface area (Å²) in [4.78, 5) is 11.3. The molecule has 2 N–H and O–H groups in total. The van der Waals surface area contributed by atoms with E-state index in [1.807, 2.05) is 13.8 Å². The van der Waals surface area contributed by atoms with E-state index in [0.717, 1.165) is 0 Å². The van der Waals surface area contributed by atoms with Crippen molar-refractivity contribution in [2.75, 3.05) is 5.32 Å². The summed E-state index contributed by atoms with van der Waals surface area (Å²) in [5.41, 5.74) is 0.342. The highest BCUT2D eigenvalue weighted by Gasteiger charge is 2.09. The van der Waals surface area contributed by atoms with Gasteiger partial charge in [0.2, 0.25) is 0 Å². The number of rotatable bonds is 2. The molecule has 3 nitrogen and oxygen atoms in total. The zero-order valence-electron chi connectivity index (χ0n) is 8.77. The second kappa shape index (κ2) is 5.37. The Kier molecular flexibility index (Phi) is 4.38. The third-order valence-corrected chi connectivity index (χ3v) is 2.21. The molecule has 0 fully saturated rings. The fourth-order valence-corrected chi connectivity index (χ4v) is 1.54. The van der Waals surface area contributed by atoms with Gasteiger partial charge in [0.25, 0.3) is 0 Å². The third-order valence-electron chi connectivity index (χ3n) is 1.66. The van der Waals surface area contributed by atoms with Crippen LogP contribution in [0.25, 0.3) is 0 Å². The first-order chi connectivity index (χ1) is 7.40. The molecule has 0 aliphatic heterocycles. The molecule has 1 aromatic carbocycles. The van der Waals surface area contributed by atoms with Gasteiger partial charge in [0.05, 0.1) is 10.0 Å². The second-order valence-corrected chi connectivity index (χ2v) is 4.32. The molecule has 0 radical (unpaired) electrons. The van der Waals surface area contributed by atoms with Gasteiger partial charge in [-0.25, -0.2) is 9.18 Å². The van der Waals surface area contributed by atoms with E-state index >= 15 is 0 Å². The smallest absolute Gasteiger partial charge is 0.319 e. The molecule has 0 heterocycles. The largest absolute Gasteiger partial charge is 0.336 e. The van der Waals surface area contributed by atoms with Crippen LogP contribution in [0.4, 0.5) is 14.9 Å². The maximum absolute atomic E-state index is 13.1. The second-order valence-electron chi connectivity index (χ2n) is 3.51. The van der Waals surface area contributed by atoms with E-state index in [1.165, 1.54) is 12.1 Å². The molecule has 0 aliphatic rings. The summed E-state index contributed by atoms with van der Waals surface area (Å²) in [5.74, 6) is -0.696. The Hall–Kier alpha value is -1.00. The molecular formula is C10H11Cl2FN2O. The van der Waals surface area contributed by atoms with E-state index in [-0.39, 0.29) is 16.1 Å². The van der Waals surface area contributed by atoms with Crippen LogP contribution in [-0.4, -0.2) is 12.1 Å². The van der Waals surface area contributed by atoms with Gasteiger partial charge in [-0.05, 0) is 26.0 Å². The van der Waals surface area contributed by atoms with Crippen LogP contribution in [0.15, 0.2) is 12.1 Å². The summed E-state index contributed by atoms with van der Waals surface area (Å²) >= 11 is 11.2. The molecule has 0 aliphatic carbocycles. The monoisotopic (exact) mass is 264 g/mol. The lowest BCUT2D eigenvalue weighted by molar-refractivity contribution is 0.250.